The normalized spacial score (nSPS) is 30.2. The summed E-state index contributed by atoms with van der Waals surface area (Å²) >= 11 is 6.47. The number of fused-ring (bicyclic) bond motifs is 5. The van der Waals surface area contributed by atoms with Crippen molar-refractivity contribution in [3.63, 3.8) is 0 Å². The van der Waals surface area contributed by atoms with Crippen LogP contribution in [0.5, 0.6) is 5.75 Å². The molecule has 12 heteroatoms. The fourth-order valence-electron chi connectivity index (χ4n) is 9.06. The van der Waals surface area contributed by atoms with Crippen molar-refractivity contribution in [2.45, 2.75) is 77.5 Å². The van der Waals surface area contributed by atoms with Gasteiger partial charge in [-0.25, -0.2) is 9.00 Å². The molecule has 2 aliphatic carbocycles. The Morgan fingerprint density at radius 2 is 2.02 bits per heavy atom. The van der Waals surface area contributed by atoms with Crippen molar-refractivity contribution in [2.75, 3.05) is 44.0 Å². The van der Waals surface area contributed by atoms with Gasteiger partial charge in [-0.3, -0.25) is 9.52 Å². The minimum absolute atomic E-state index is 0. The number of allylic oxidation sites excluding steroid dienone is 1. The topological polar surface area (TPSA) is 105 Å². The SMILES string of the molecule is C.CO[C@H]1/C=C/C[C@H](C)CS(=O)(NC(=O)N2CCn3cccc3C2)=NC(=O)c2ccc3c(c2)N(C[C@@H]2CC[C@H]21)C[C@@]1(CCCc2cc(Cl)ccc21)CO3. The molecule has 2 bridgehead atoms. The zero-order chi connectivity index (χ0) is 36.0. The van der Waals surface area contributed by atoms with Gasteiger partial charge >= 0.3 is 6.03 Å². The smallest absolute Gasteiger partial charge is 0.330 e. The maximum atomic E-state index is 14.7. The molecular formula is C41H52ClN5O5S. The Morgan fingerprint density at radius 3 is 2.83 bits per heavy atom. The van der Waals surface area contributed by atoms with E-state index in [9.17, 15) is 13.8 Å². The van der Waals surface area contributed by atoms with Crippen LogP contribution in [-0.4, -0.2) is 70.8 Å². The first-order chi connectivity index (χ1) is 25.1. The van der Waals surface area contributed by atoms with Crippen LogP contribution >= 0.6 is 11.6 Å². The summed E-state index contributed by atoms with van der Waals surface area (Å²) in [6.45, 7) is 5.51. The Morgan fingerprint density at radius 1 is 1.15 bits per heavy atom. The summed E-state index contributed by atoms with van der Waals surface area (Å²) in [5.41, 5.74) is 4.45. The number of hydrogen-bond acceptors (Lipinski definition) is 6. The van der Waals surface area contributed by atoms with E-state index in [2.05, 4.69) is 42.8 Å². The largest absolute Gasteiger partial charge is 0.490 e. The number of aromatic nitrogens is 1. The maximum Gasteiger partial charge on any atom is 0.330 e. The molecule has 284 valence electrons. The Balaban J connectivity index is 0.00000435. The van der Waals surface area contributed by atoms with Crippen LogP contribution in [0, 0.1) is 17.8 Å². The van der Waals surface area contributed by atoms with Crippen LogP contribution in [0.25, 0.3) is 0 Å². The van der Waals surface area contributed by atoms with E-state index < -0.39 is 21.9 Å². The van der Waals surface area contributed by atoms with Crippen molar-refractivity contribution in [3.8, 4) is 5.75 Å². The van der Waals surface area contributed by atoms with Crippen molar-refractivity contribution in [1.82, 2.24) is 14.2 Å². The number of halogens is 1. The van der Waals surface area contributed by atoms with Crippen molar-refractivity contribution in [3.05, 3.63) is 94.3 Å². The van der Waals surface area contributed by atoms with E-state index in [0.717, 1.165) is 61.6 Å². The lowest BCUT2D eigenvalue weighted by Crippen LogP contribution is -2.49. The third-order valence-corrected chi connectivity index (χ3v) is 14.1. The second kappa shape index (κ2) is 15.1. The van der Waals surface area contributed by atoms with Crippen LogP contribution in [0.3, 0.4) is 0 Å². The number of ether oxygens (including phenoxy) is 2. The maximum absolute atomic E-state index is 14.7. The molecule has 1 N–H and O–H groups in total. The van der Waals surface area contributed by atoms with Crippen LogP contribution in [0.15, 0.2) is 71.2 Å². The van der Waals surface area contributed by atoms with Crippen molar-refractivity contribution < 1.29 is 23.3 Å². The average molecular weight is 762 g/mol. The molecular weight excluding hydrogens is 710 g/mol. The standard InChI is InChI=1S/C40H48ClN5O5S.CH4/c1-27-6-3-9-36(50-2)33-13-10-30(33)22-46-25-40(16-4-7-28-20-31(41)12-14-34(28)40)26-51-37-15-11-29(21-35(37)46)38(47)42-52(49,24-27)43-39(48)45-19-18-44-17-5-8-32(44)23-45;/h3,5,8-9,11-12,14-15,17,20-21,27,30,33,36H,4,6-7,10,13,16,18-19,22-26H2,1-2H3,(H,42,43,47,48,49);1H4/b9-3+;/t27-,30-,33+,36-,40-,52?;/m0./s1. The van der Waals surface area contributed by atoms with Gasteiger partial charge in [0.05, 0.1) is 30.7 Å². The number of carbonyl (C=O) groups excluding carboxylic acids is 2. The van der Waals surface area contributed by atoms with Crippen molar-refractivity contribution in [1.29, 1.82) is 0 Å². The lowest BCUT2D eigenvalue weighted by molar-refractivity contribution is 0.0131. The molecule has 0 saturated heterocycles. The molecule has 5 aliphatic rings. The number of aryl methyl sites for hydroxylation is 1. The fourth-order valence-corrected chi connectivity index (χ4v) is 11.1. The number of benzene rings is 2. The quantitative estimate of drug-likeness (QED) is 0.269. The van der Waals surface area contributed by atoms with E-state index in [4.69, 9.17) is 21.1 Å². The molecule has 2 aromatic carbocycles. The van der Waals surface area contributed by atoms with E-state index in [1.165, 1.54) is 11.1 Å². The minimum Gasteiger partial charge on any atom is -0.490 e. The summed E-state index contributed by atoms with van der Waals surface area (Å²) in [5.74, 6) is 0.753. The van der Waals surface area contributed by atoms with Gasteiger partial charge in [0.1, 0.15) is 15.7 Å². The number of anilines is 1. The third kappa shape index (κ3) is 7.49. The van der Waals surface area contributed by atoms with E-state index in [1.807, 2.05) is 43.5 Å². The van der Waals surface area contributed by atoms with E-state index in [-0.39, 0.29) is 30.6 Å². The van der Waals surface area contributed by atoms with Crippen LogP contribution in [0.1, 0.15) is 73.6 Å². The van der Waals surface area contributed by atoms with Crippen molar-refractivity contribution in [2.24, 2.45) is 22.1 Å². The number of nitrogens with one attached hydrogen (secondary N) is 1. The van der Waals surface area contributed by atoms with E-state index in [1.54, 1.807) is 18.1 Å². The van der Waals surface area contributed by atoms with Crippen LogP contribution in [0.2, 0.25) is 5.02 Å². The van der Waals surface area contributed by atoms with E-state index >= 15 is 0 Å². The summed E-state index contributed by atoms with van der Waals surface area (Å²) < 4.78 is 36.6. The molecule has 1 aromatic heterocycles. The second-order valence-corrected chi connectivity index (χ2v) is 17.9. The lowest BCUT2D eigenvalue weighted by Gasteiger charge is -2.46. The zero-order valence-electron chi connectivity index (χ0n) is 30.0. The minimum atomic E-state index is -3.50. The number of rotatable bonds is 2. The number of amides is 3. The first-order valence-corrected chi connectivity index (χ1v) is 20.7. The van der Waals surface area contributed by atoms with Gasteiger partial charge in [0.25, 0.3) is 5.91 Å². The second-order valence-electron chi connectivity index (χ2n) is 15.5. The van der Waals surface area contributed by atoms with Crippen LogP contribution in [0.4, 0.5) is 10.5 Å². The summed E-state index contributed by atoms with van der Waals surface area (Å²) in [4.78, 5) is 31.7. The molecule has 8 rings (SSSR count). The Hall–Kier alpha value is -3.80. The lowest BCUT2D eigenvalue weighted by atomic mass is 9.68. The van der Waals surface area contributed by atoms with Crippen LogP contribution < -0.4 is 14.4 Å². The van der Waals surface area contributed by atoms with Crippen LogP contribution in [-0.2, 0) is 39.6 Å². The first-order valence-electron chi connectivity index (χ1n) is 18.6. The molecule has 1 unspecified atom stereocenters. The van der Waals surface area contributed by atoms with Gasteiger partial charge in [0.15, 0.2) is 0 Å². The average Bonchev–Trinajstić information content (AvgIpc) is 3.53. The molecule has 1 spiro atoms. The Kier molecular flexibility index (Phi) is 10.7. The van der Waals surface area contributed by atoms with Gasteiger partial charge in [-0.2, -0.15) is 0 Å². The van der Waals surface area contributed by atoms with Gasteiger partial charge in [-0.1, -0.05) is 44.2 Å². The van der Waals surface area contributed by atoms with E-state index in [0.29, 0.717) is 55.8 Å². The highest BCUT2D eigenvalue weighted by molar-refractivity contribution is 7.92. The third-order valence-electron chi connectivity index (χ3n) is 11.9. The highest BCUT2D eigenvalue weighted by Gasteiger charge is 2.44. The fraction of sp³-hybridized carbons (Fsp3) is 0.512. The summed E-state index contributed by atoms with van der Waals surface area (Å²) in [6.07, 6.45) is 12.0. The molecule has 4 heterocycles. The Bertz CT molecular complexity index is 2020. The predicted molar refractivity (Wildman–Crippen MR) is 210 cm³/mol. The number of hydrogen-bond donors (Lipinski definition) is 1. The molecule has 6 atom stereocenters. The molecule has 3 aromatic rings. The summed E-state index contributed by atoms with van der Waals surface area (Å²) in [7, 11) is -1.72. The van der Waals surface area contributed by atoms with Gasteiger partial charge in [-0.15, -0.1) is 4.36 Å². The molecule has 10 nitrogen and oxygen atoms in total. The van der Waals surface area contributed by atoms with Gasteiger partial charge in [0.2, 0.25) is 0 Å². The number of urea groups is 1. The molecule has 53 heavy (non-hydrogen) atoms. The monoisotopic (exact) mass is 761 g/mol. The van der Waals surface area contributed by atoms with Crippen molar-refractivity contribution >= 4 is 39.1 Å². The van der Waals surface area contributed by atoms with Gasteiger partial charge in [-0.05, 0) is 110 Å². The number of methoxy groups -OCH3 is 1. The Labute approximate surface area is 319 Å². The zero-order valence-corrected chi connectivity index (χ0v) is 31.5. The van der Waals surface area contributed by atoms with Gasteiger partial charge in [0, 0.05) is 61.2 Å². The molecule has 3 amide bonds. The molecule has 1 saturated carbocycles. The summed E-state index contributed by atoms with van der Waals surface area (Å²) in [6, 6.07) is 15.1. The first kappa shape index (κ1) is 37.5. The molecule has 3 aliphatic heterocycles. The van der Waals surface area contributed by atoms with Gasteiger partial charge < -0.3 is 23.8 Å². The number of nitrogens with zero attached hydrogens (tertiary/aromatic N) is 4. The highest BCUT2D eigenvalue weighted by atomic mass is 35.5. The predicted octanol–water partition coefficient (Wildman–Crippen LogP) is 7.64. The summed E-state index contributed by atoms with van der Waals surface area (Å²) in [5, 5.41) is 0.745. The number of carbonyl (C=O) groups is 2. The molecule has 1 fully saturated rings. The highest BCUT2D eigenvalue weighted by Crippen LogP contribution is 2.47. The molecule has 0 radical (unpaired) electrons.